The number of ether oxygens (including phenoxy) is 3. The van der Waals surface area contributed by atoms with E-state index in [1.54, 1.807) is 55.2 Å². The monoisotopic (exact) mass is 548 g/mol. The molecule has 1 N–H and O–H groups in total. The number of nitrogens with one attached hydrogen (secondary N) is 1. The topological polar surface area (TPSA) is 94.9 Å². The Balaban J connectivity index is 1.65. The van der Waals surface area contributed by atoms with Gasteiger partial charge in [-0.1, -0.05) is 54.1 Å². The van der Waals surface area contributed by atoms with E-state index in [9.17, 15) is 9.59 Å². The number of amides is 2. The van der Waals surface area contributed by atoms with Gasteiger partial charge in [0.25, 0.3) is 5.91 Å². The molecule has 0 fully saturated rings. The molecule has 0 aliphatic heterocycles. The molecular weight excluding hydrogens is 520 g/mol. The summed E-state index contributed by atoms with van der Waals surface area (Å²) < 4.78 is 17.7. The molecular formula is C29H29ClN4O5. The molecule has 0 radical (unpaired) electrons. The van der Waals surface area contributed by atoms with Gasteiger partial charge in [-0.3, -0.25) is 19.5 Å². The molecule has 3 aromatic carbocycles. The van der Waals surface area contributed by atoms with Crippen LogP contribution in [0.2, 0.25) is 5.02 Å². The lowest BCUT2D eigenvalue weighted by Gasteiger charge is -2.22. The number of halogens is 1. The molecule has 2 amide bonds. The molecule has 0 bridgehead atoms. The van der Waals surface area contributed by atoms with E-state index in [1.165, 1.54) is 12.0 Å². The second-order valence-electron chi connectivity index (χ2n) is 8.47. The summed E-state index contributed by atoms with van der Waals surface area (Å²) in [6.07, 6.45) is 1.82. The minimum Gasteiger partial charge on any atom is -0.493 e. The number of benzene rings is 3. The van der Waals surface area contributed by atoms with E-state index in [0.717, 1.165) is 5.56 Å². The van der Waals surface area contributed by atoms with E-state index in [2.05, 4.69) is 5.32 Å². The predicted octanol–water partition coefficient (Wildman–Crippen LogP) is 4.94. The summed E-state index contributed by atoms with van der Waals surface area (Å²) >= 11 is 6.25. The lowest BCUT2D eigenvalue weighted by molar-refractivity contribution is -0.117. The van der Waals surface area contributed by atoms with Gasteiger partial charge in [0.2, 0.25) is 11.9 Å². The third-order valence-electron chi connectivity index (χ3n) is 5.96. The van der Waals surface area contributed by atoms with Gasteiger partial charge in [0.15, 0.2) is 11.5 Å². The molecule has 9 nitrogen and oxygen atoms in total. The van der Waals surface area contributed by atoms with Crippen molar-refractivity contribution in [2.45, 2.75) is 0 Å². The van der Waals surface area contributed by atoms with Crippen LogP contribution in [0.4, 0.5) is 5.95 Å². The summed E-state index contributed by atoms with van der Waals surface area (Å²) in [5.41, 5.74) is 2.54. The Hall–Kier alpha value is -4.34. The SMILES string of the molecule is COCCN(CC(=O)Nc1nc(-c2ccccc2)cn1-c1ccc(OC)c(OC)c1)C(=O)c1ccccc1Cl. The third kappa shape index (κ3) is 6.57. The van der Waals surface area contributed by atoms with E-state index in [4.69, 9.17) is 30.8 Å². The Morgan fingerprint density at radius 2 is 1.67 bits per heavy atom. The van der Waals surface area contributed by atoms with Crippen molar-refractivity contribution in [2.75, 3.05) is 46.3 Å². The minimum atomic E-state index is -0.432. The van der Waals surface area contributed by atoms with Crippen LogP contribution in [0.25, 0.3) is 16.9 Å². The van der Waals surface area contributed by atoms with Crippen molar-refractivity contribution in [1.82, 2.24) is 14.5 Å². The maximum Gasteiger partial charge on any atom is 0.255 e. The van der Waals surface area contributed by atoms with Gasteiger partial charge in [-0.2, -0.15) is 0 Å². The van der Waals surface area contributed by atoms with Crippen molar-refractivity contribution in [1.29, 1.82) is 0 Å². The molecule has 1 heterocycles. The quantitative estimate of drug-likeness (QED) is 0.285. The second-order valence-corrected chi connectivity index (χ2v) is 8.88. The van der Waals surface area contributed by atoms with Crippen LogP contribution < -0.4 is 14.8 Å². The number of carbonyl (C=O) groups is 2. The molecule has 4 rings (SSSR count). The first-order valence-electron chi connectivity index (χ1n) is 12.1. The Labute approximate surface area is 231 Å². The first kappa shape index (κ1) is 27.7. The molecule has 0 atom stereocenters. The summed E-state index contributed by atoms with van der Waals surface area (Å²) in [7, 11) is 4.65. The highest BCUT2D eigenvalue weighted by atomic mass is 35.5. The number of aromatic nitrogens is 2. The number of carbonyl (C=O) groups excluding carboxylic acids is 2. The van der Waals surface area contributed by atoms with Crippen LogP contribution in [0, 0.1) is 0 Å². The van der Waals surface area contributed by atoms with Crippen molar-refractivity contribution in [3.8, 4) is 28.4 Å². The number of methoxy groups -OCH3 is 3. The number of hydrogen-bond acceptors (Lipinski definition) is 6. The summed E-state index contributed by atoms with van der Waals surface area (Å²) in [5, 5.41) is 3.17. The van der Waals surface area contributed by atoms with Crippen LogP contribution in [0.15, 0.2) is 79.0 Å². The van der Waals surface area contributed by atoms with Gasteiger partial charge in [0.05, 0.1) is 42.8 Å². The molecule has 4 aromatic rings. The summed E-state index contributed by atoms with van der Waals surface area (Å²) in [6.45, 7) is 0.224. The van der Waals surface area contributed by atoms with E-state index >= 15 is 0 Å². The highest BCUT2D eigenvalue weighted by Crippen LogP contribution is 2.32. The zero-order valence-electron chi connectivity index (χ0n) is 21.9. The lowest BCUT2D eigenvalue weighted by Crippen LogP contribution is -2.40. The molecule has 39 heavy (non-hydrogen) atoms. The standard InChI is InChI=1S/C29H29ClN4O5/c1-37-16-15-33(28(36)22-11-7-8-12-23(22)30)19-27(35)32-29-31-24(20-9-5-4-6-10-20)18-34(29)21-13-14-25(38-2)26(17-21)39-3/h4-14,17-18H,15-16,19H2,1-3H3,(H,31,32,35). The van der Waals surface area contributed by atoms with Crippen LogP contribution in [0.5, 0.6) is 11.5 Å². The average Bonchev–Trinajstić information content (AvgIpc) is 3.38. The lowest BCUT2D eigenvalue weighted by atomic mass is 10.2. The third-order valence-corrected chi connectivity index (χ3v) is 6.29. The molecule has 1 aromatic heterocycles. The Bertz CT molecular complexity index is 1440. The highest BCUT2D eigenvalue weighted by molar-refractivity contribution is 6.33. The maximum absolute atomic E-state index is 13.3. The van der Waals surface area contributed by atoms with Crippen molar-refractivity contribution >= 4 is 29.4 Å². The molecule has 10 heteroatoms. The van der Waals surface area contributed by atoms with Crippen molar-refractivity contribution in [3.05, 3.63) is 89.6 Å². The molecule has 0 unspecified atom stereocenters. The van der Waals surface area contributed by atoms with Crippen LogP contribution in [-0.4, -0.2) is 67.3 Å². The van der Waals surface area contributed by atoms with Gasteiger partial charge in [-0.15, -0.1) is 0 Å². The Morgan fingerprint density at radius 1 is 0.949 bits per heavy atom. The van der Waals surface area contributed by atoms with Crippen LogP contribution in [-0.2, 0) is 9.53 Å². The normalized spacial score (nSPS) is 10.7. The van der Waals surface area contributed by atoms with Gasteiger partial charge < -0.3 is 19.1 Å². The number of imidazole rings is 1. The van der Waals surface area contributed by atoms with Gasteiger partial charge in [0, 0.05) is 31.5 Å². The van der Waals surface area contributed by atoms with E-state index in [1.807, 2.05) is 42.6 Å². The fraction of sp³-hybridized carbons (Fsp3) is 0.207. The minimum absolute atomic E-state index is 0.202. The summed E-state index contributed by atoms with van der Waals surface area (Å²) in [5.74, 6) is 0.572. The molecule has 0 aliphatic rings. The van der Waals surface area contributed by atoms with Crippen molar-refractivity contribution in [3.63, 3.8) is 0 Å². The predicted molar refractivity (Wildman–Crippen MR) is 150 cm³/mol. The van der Waals surface area contributed by atoms with Gasteiger partial charge in [-0.05, 0) is 24.3 Å². The maximum atomic E-state index is 13.3. The van der Waals surface area contributed by atoms with Crippen LogP contribution in [0.3, 0.4) is 0 Å². The summed E-state index contributed by atoms with van der Waals surface area (Å²) in [6, 6.07) is 21.7. The molecule has 202 valence electrons. The molecule has 0 saturated heterocycles. The van der Waals surface area contributed by atoms with E-state index in [-0.39, 0.29) is 31.6 Å². The Kier molecular flexibility index (Phi) is 9.19. The largest absolute Gasteiger partial charge is 0.493 e. The van der Waals surface area contributed by atoms with Crippen LogP contribution in [0.1, 0.15) is 10.4 Å². The second kappa shape index (κ2) is 12.9. The number of nitrogens with zero attached hydrogens (tertiary/aromatic N) is 3. The fourth-order valence-electron chi connectivity index (χ4n) is 3.98. The molecule has 0 saturated carbocycles. The Morgan fingerprint density at radius 3 is 2.36 bits per heavy atom. The van der Waals surface area contributed by atoms with Gasteiger partial charge in [-0.25, -0.2) is 4.98 Å². The number of hydrogen-bond donors (Lipinski definition) is 1. The van der Waals surface area contributed by atoms with E-state index < -0.39 is 5.91 Å². The fourth-order valence-corrected chi connectivity index (χ4v) is 4.20. The number of rotatable bonds is 11. The van der Waals surface area contributed by atoms with Gasteiger partial charge >= 0.3 is 0 Å². The number of anilines is 1. The average molecular weight is 549 g/mol. The first-order valence-corrected chi connectivity index (χ1v) is 12.5. The summed E-state index contributed by atoms with van der Waals surface area (Å²) in [4.78, 5) is 32.6. The molecule has 0 aliphatic carbocycles. The van der Waals surface area contributed by atoms with Gasteiger partial charge in [0.1, 0.15) is 6.54 Å². The zero-order valence-corrected chi connectivity index (χ0v) is 22.6. The van der Waals surface area contributed by atoms with Crippen molar-refractivity contribution in [2.24, 2.45) is 0 Å². The first-order chi connectivity index (χ1) is 18.9. The zero-order chi connectivity index (χ0) is 27.8. The van der Waals surface area contributed by atoms with Crippen LogP contribution >= 0.6 is 11.6 Å². The van der Waals surface area contributed by atoms with Crippen molar-refractivity contribution < 1.29 is 23.8 Å². The highest BCUT2D eigenvalue weighted by Gasteiger charge is 2.22. The smallest absolute Gasteiger partial charge is 0.255 e. The molecule has 0 spiro atoms. The van der Waals surface area contributed by atoms with E-state index in [0.29, 0.717) is 33.5 Å².